The summed E-state index contributed by atoms with van der Waals surface area (Å²) >= 11 is 0. The minimum absolute atomic E-state index is 0.203. The molecule has 0 radical (unpaired) electrons. The second-order valence-corrected chi connectivity index (χ2v) is 9.86. The highest BCUT2D eigenvalue weighted by Crippen LogP contribution is 2.25. The molecule has 3 fully saturated rings. The van der Waals surface area contributed by atoms with Crippen molar-refractivity contribution < 1.29 is 9.59 Å². The Morgan fingerprint density at radius 2 is 1.66 bits per heavy atom. The molecule has 4 N–H and O–H groups in total. The number of benzene rings is 1. The predicted octanol–water partition coefficient (Wildman–Crippen LogP) is 1.92. The van der Waals surface area contributed by atoms with E-state index in [0.29, 0.717) is 12.8 Å². The normalized spacial score (nSPS) is 22.2. The number of aromatic nitrogens is 1. The fraction of sp³-hybridized carbons (Fsp3) is 0.500. The largest absolute Gasteiger partial charge is 0.399 e. The maximum atomic E-state index is 12.0. The van der Waals surface area contributed by atoms with Crippen molar-refractivity contribution in [2.75, 3.05) is 66.7 Å². The minimum Gasteiger partial charge on any atom is -0.399 e. The van der Waals surface area contributed by atoms with Crippen LogP contribution in [0.5, 0.6) is 0 Å². The van der Waals surface area contributed by atoms with Crippen LogP contribution >= 0.6 is 0 Å². The standard InChI is InChI=1S/C26H35N7O2/c27-20-1-4-22(5-2-20)32-15-13-31(14-16-32)18-19-9-11-33(12-10-19)24-7-3-21(17-28-24)29-23-6-8-25(34)30-26(23)35/h1-5,7,17,19,23,29H,6,8-16,18,27H2,(H,30,34,35). The fourth-order valence-corrected chi connectivity index (χ4v) is 5.27. The lowest BCUT2D eigenvalue weighted by molar-refractivity contribution is -0.133. The molecule has 5 rings (SSSR count). The van der Waals surface area contributed by atoms with Crippen molar-refractivity contribution in [3.05, 3.63) is 42.6 Å². The van der Waals surface area contributed by atoms with Crippen molar-refractivity contribution in [3.63, 3.8) is 0 Å². The smallest absolute Gasteiger partial charge is 0.249 e. The molecule has 0 bridgehead atoms. The zero-order valence-electron chi connectivity index (χ0n) is 20.2. The maximum absolute atomic E-state index is 12.0. The Balaban J connectivity index is 1.05. The summed E-state index contributed by atoms with van der Waals surface area (Å²) in [6, 6.07) is 11.8. The van der Waals surface area contributed by atoms with Crippen LogP contribution in [0, 0.1) is 5.92 Å². The van der Waals surface area contributed by atoms with E-state index in [1.807, 2.05) is 24.3 Å². The number of pyridine rings is 1. The monoisotopic (exact) mass is 477 g/mol. The van der Waals surface area contributed by atoms with Gasteiger partial charge in [0.05, 0.1) is 11.9 Å². The van der Waals surface area contributed by atoms with Crippen molar-refractivity contribution in [1.82, 2.24) is 15.2 Å². The van der Waals surface area contributed by atoms with Crippen LogP contribution in [0.4, 0.5) is 22.9 Å². The number of nitrogens with zero attached hydrogens (tertiary/aromatic N) is 4. The molecule has 186 valence electrons. The first-order chi connectivity index (χ1) is 17.0. The highest BCUT2D eigenvalue weighted by Gasteiger charge is 2.27. The van der Waals surface area contributed by atoms with Gasteiger partial charge in [0.15, 0.2) is 0 Å². The van der Waals surface area contributed by atoms with Gasteiger partial charge in [0.1, 0.15) is 11.9 Å². The van der Waals surface area contributed by atoms with E-state index in [9.17, 15) is 9.59 Å². The molecule has 0 aliphatic carbocycles. The Hall–Kier alpha value is -3.33. The lowest BCUT2D eigenvalue weighted by Gasteiger charge is -2.40. The first-order valence-corrected chi connectivity index (χ1v) is 12.7. The van der Waals surface area contributed by atoms with Gasteiger partial charge in [-0.1, -0.05) is 0 Å². The highest BCUT2D eigenvalue weighted by atomic mass is 16.2. The van der Waals surface area contributed by atoms with Gasteiger partial charge in [-0.25, -0.2) is 4.98 Å². The summed E-state index contributed by atoms with van der Waals surface area (Å²) in [6.45, 7) is 7.54. The molecule has 3 aliphatic heterocycles. The number of imide groups is 1. The van der Waals surface area contributed by atoms with E-state index in [1.54, 1.807) is 6.20 Å². The summed E-state index contributed by atoms with van der Waals surface area (Å²) in [5, 5.41) is 5.57. The van der Waals surface area contributed by atoms with Gasteiger partial charge in [-0.2, -0.15) is 0 Å². The molecule has 1 atom stereocenters. The Morgan fingerprint density at radius 1 is 0.914 bits per heavy atom. The molecule has 3 aliphatic rings. The Bertz CT molecular complexity index is 1010. The quantitative estimate of drug-likeness (QED) is 0.428. The average Bonchev–Trinajstić information content (AvgIpc) is 2.88. The number of amides is 2. The molecule has 4 heterocycles. The number of carbonyl (C=O) groups excluding carboxylic acids is 2. The van der Waals surface area contributed by atoms with Gasteiger partial charge in [-0.05, 0) is 61.6 Å². The molecule has 35 heavy (non-hydrogen) atoms. The van der Waals surface area contributed by atoms with E-state index >= 15 is 0 Å². The fourth-order valence-electron chi connectivity index (χ4n) is 5.27. The van der Waals surface area contributed by atoms with Crippen LogP contribution in [-0.4, -0.2) is 73.6 Å². The zero-order valence-corrected chi connectivity index (χ0v) is 20.2. The zero-order chi connectivity index (χ0) is 24.2. The first kappa shape index (κ1) is 23.4. The molecule has 3 saturated heterocycles. The lowest BCUT2D eigenvalue weighted by Crippen LogP contribution is -2.49. The van der Waals surface area contributed by atoms with Crippen molar-refractivity contribution in [3.8, 4) is 0 Å². The average molecular weight is 478 g/mol. The number of nitrogens with two attached hydrogens (primary N) is 1. The molecule has 0 saturated carbocycles. The third-order valence-electron chi connectivity index (χ3n) is 7.41. The molecule has 1 aromatic carbocycles. The van der Waals surface area contributed by atoms with E-state index in [1.165, 1.54) is 25.1 Å². The number of piperazine rings is 1. The van der Waals surface area contributed by atoms with Gasteiger partial charge in [-0.3, -0.25) is 19.8 Å². The van der Waals surface area contributed by atoms with Crippen LogP contribution < -0.4 is 26.2 Å². The Labute approximate surface area is 206 Å². The number of nitrogen functional groups attached to an aromatic ring is 1. The van der Waals surface area contributed by atoms with E-state index in [2.05, 4.69) is 42.5 Å². The van der Waals surface area contributed by atoms with Crippen LogP contribution in [-0.2, 0) is 9.59 Å². The number of piperidine rings is 2. The molecular weight excluding hydrogens is 442 g/mol. The third kappa shape index (κ3) is 5.85. The van der Waals surface area contributed by atoms with Crippen LogP contribution in [0.25, 0.3) is 0 Å². The molecule has 2 amide bonds. The summed E-state index contributed by atoms with van der Waals surface area (Å²) in [5.41, 5.74) is 8.70. The predicted molar refractivity (Wildman–Crippen MR) is 138 cm³/mol. The lowest BCUT2D eigenvalue weighted by atomic mass is 9.96. The van der Waals surface area contributed by atoms with Crippen LogP contribution in [0.1, 0.15) is 25.7 Å². The van der Waals surface area contributed by atoms with Crippen molar-refractivity contribution in [1.29, 1.82) is 0 Å². The van der Waals surface area contributed by atoms with E-state index in [0.717, 1.165) is 62.4 Å². The molecule has 9 nitrogen and oxygen atoms in total. The highest BCUT2D eigenvalue weighted by molar-refractivity contribution is 6.01. The minimum atomic E-state index is -0.385. The van der Waals surface area contributed by atoms with Gasteiger partial charge in [0.2, 0.25) is 11.8 Å². The summed E-state index contributed by atoms with van der Waals surface area (Å²) in [6.07, 6.45) is 5.01. The van der Waals surface area contributed by atoms with E-state index < -0.39 is 0 Å². The Morgan fingerprint density at radius 3 is 2.31 bits per heavy atom. The summed E-state index contributed by atoms with van der Waals surface area (Å²) in [4.78, 5) is 35.3. The Kier molecular flexibility index (Phi) is 7.03. The third-order valence-corrected chi connectivity index (χ3v) is 7.41. The van der Waals surface area contributed by atoms with E-state index in [-0.39, 0.29) is 17.9 Å². The van der Waals surface area contributed by atoms with Gasteiger partial charge in [0, 0.05) is 63.6 Å². The topological polar surface area (TPSA) is 107 Å². The molecule has 1 unspecified atom stereocenters. The first-order valence-electron chi connectivity index (χ1n) is 12.7. The van der Waals surface area contributed by atoms with Crippen molar-refractivity contribution >= 4 is 34.7 Å². The summed E-state index contributed by atoms with van der Waals surface area (Å²) in [7, 11) is 0. The van der Waals surface area contributed by atoms with Crippen LogP contribution in [0.2, 0.25) is 0 Å². The SMILES string of the molecule is Nc1ccc(N2CCN(CC3CCN(c4ccc(NC5CCC(=O)NC5=O)cn4)CC3)CC2)cc1. The molecular formula is C26H35N7O2. The van der Waals surface area contributed by atoms with Crippen molar-refractivity contribution in [2.45, 2.75) is 31.7 Å². The molecule has 2 aromatic rings. The van der Waals surface area contributed by atoms with Crippen LogP contribution in [0.3, 0.4) is 0 Å². The van der Waals surface area contributed by atoms with Crippen molar-refractivity contribution in [2.24, 2.45) is 5.92 Å². The number of nitrogens with one attached hydrogen (secondary N) is 2. The summed E-state index contributed by atoms with van der Waals surface area (Å²) < 4.78 is 0. The number of anilines is 4. The number of carbonyl (C=O) groups is 2. The van der Waals surface area contributed by atoms with Gasteiger partial charge in [0.25, 0.3) is 0 Å². The van der Waals surface area contributed by atoms with Gasteiger partial charge >= 0.3 is 0 Å². The van der Waals surface area contributed by atoms with E-state index in [4.69, 9.17) is 5.73 Å². The second-order valence-electron chi connectivity index (χ2n) is 9.86. The molecule has 1 aromatic heterocycles. The van der Waals surface area contributed by atoms with Crippen LogP contribution in [0.15, 0.2) is 42.6 Å². The molecule has 9 heteroatoms. The second kappa shape index (κ2) is 10.5. The number of hydrogen-bond acceptors (Lipinski definition) is 8. The maximum Gasteiger partial charge on any atom is 0.249 e. The number of hydrogen-bond donors (Lipinski definition) is 3. The molecule has 0 spiro atoms. The number of rotatable bonds is 6. The van der Waals surface area contributed by atoms with Gasteiger partial charge in [-0.15, -0.1) is 0 Å². The summed E-state index contributed by atoms with van der Waals surface area (Å²) in [5.74, 6) is 1.24. The van der Waals surface area contributed by atoms with Gasteiger partial charge < -0.3 is 20.9 Å².